The van der Waals surface area contributed by atoms with E-state index >= 15 is 0 Å². The first-order chi connectivity index (χ1) is 13.5. The number of aromatic nitrogens is 1. The number of hydrogen-bond donors (Lipinski definition) is 1. The second-order valence-corrected chi connectivity index (χ2v) is 7.69. The number of ether oxygens (including phenoxy) is 1. The van der Waals surface area contributed by atoms with Crippen LogP contribution in [0.2, 0.25) is 0 Å². The van der Waals surface area contributed by atoms with Gasteiger partial charge in [-0.05, 0) is 38.1 Å². The number of methoxy groups -OCH3 is 1. The Morgan fingerprint density at radius 3 is 2.32 bits per heavy atom. The normalized spacial score (nSPS) is 10.5. The molecule has 1 N–H and O–H groups in total. The lowest BCUT2D eigenvalue weighted by molar-refractivity contribution is -0.116. The first-order valence-electron chi connectivity index (χ1n) is 8.98. The lowest BCUT2D eigenvalue weighted by Gasteiger charge is -2.04. The zero-order valence-electron chi connectivity index (χ0n) is 16.1. The van der Waals surface area contributed by atoms with Crippen LogP contribution in [0.25, 0.3) is 11.3 Å². The fraction of sp³-hybridized carbons (Fsp3) is 0.227. The molecule has 0 atom stereocenters. The van der Waals surface area contributed by atoms with Crippen molar-refractivity contribution in [3.8, 4) is 17.0 Å². The Balaban J connectivity index is 1.58. The molecule has 3 rings (SSSR count). The van der Waals surface area contributed by atoms with Crippen molar-refractivity contribution < 1.29 is 14.3 Å². The first kappa shape index (κ1) is 19.8. The van der Waals surface area contributed by atoms with Crippen molar-refractivity contribution in [2.75, 3.05) is 12.4 Å². The van der Waals surface area contributed by atoms with Crippen LogP contribution >= 0.6 is 11.3 Å². The molecule has 0 saturated carbocycles. The van der Waals surface area contributed by atoms with Crippen molar-refractivity contribution in [3.05, 3.63) is 64.5 Å². The van der Waals surface area contributed by atoms with E-state index in [1.165, 1.54) is 16.9 Å². The van der Waals surface area contributed by atoms with Crippen molar-refractivity contribution in [1.82, 2.24) is 4.98 Å². The van der Waals surface area contributed by atoms with Gasteiger partial charge in [0.1, 0.15) is 5.75 Å². The number of amides is 1. The summed E-state index contributed by atoms with van der Waals surface area (Å²) in [6, 6.07) is 15.0. The first-order valence-corrected chi connectivity index (χ1v) is 9.79. The Morgan fingerprint density at radius 2 is 1.68 bits per heavy atom. The molecule has 0 aliphatic heterocycles. The number of carbonyl (C=O) groups excluding carboxylic acids is 2. The zero-order valence-corrected chi connectivity index (χ0v) is 16.9. The van der Waals surface area contributed by atoms with Gasteiger partial charge in [-0.2, -0.15) is 0 Å². The number of hydrogen-bond acceptors (Lipinski definition) is 5. The van der Waals surface area contributed by atoms with Crippen LogP contribution in [0.4, 0.5) is 5.13 Å². The number of anilines is 1. The van der Waals surface area contributed by atoms with Crippen LogP contribution < -0.4 is 10.1 Å². The van der Waals surface area contributed by atoms with Crippen molar-refractivity contribution in [1.29, 1.82) is 0 Å². The average Bonchev–Trinajstić information content (AvgIpc) is 3.06. The van der Waals surface area contributed by atoms with Crippen molar-refractivity contribution in [2.24, 2.45) is 0 Å². The monoisotopic (exact) mass is 394 g/mol. The highest BCUT2D eigenvalue weighted by atomic mass is 32.1. The minimum Gasteiger partial charge on any atom is -0.497 e. The van der Waals surface area contributed by atoms with Crippen LogP contribution in [0.1, 0.15) is 33.6 Å². The molecule has 1 aromatic heterocycles. The van der Waals surface area contributed by atoms with Crippen LogP contribution in [-0.2, 0) is 4.79 Å². The van der Waals surface area contributed by atoms with Gasteiger partial charge in [0.2, 0.25) is 5.91 Å². The Hall–Kier alpha value is -2.99. The summed E-state index contributed by atoms with van der Waals surface area (Å²) in [6.07, 6.45) is 0.261. The molecule has 0 spiro atoms. The number of nitrogens with one attached hydrogen (secondary N) is 1. The summed E-state index contributed by atoms with van der Waals surface area (Å²) in [5.41, 5.74) is 3.65. The van der Waals surface area contributed by atoms with E-state index in [-0.39, 0.29) is 24.5 Å². The smallest absolute Gasteiger partial charge is 0.226 e. The standard InChI is InChI=1S/C22H22N2O3S/c1-14-4-6-17(7-5-14)21-15(2)28-22(24-21)23-20(26)13-12-19(25)16-8-10-18(27-3)11-9-16/h4-11H,12-13H2,1-3H3,(H,23,24,26). The Bertz CT molecular complexity index is 976. The van der Waals surface area contributed by atoms with Gasteiger partial charge < -0.3 is 10.1 Å². The van der Waals surface area contributed by atoms with Crippen LogP contribution in [0.15, 0.2) is 48.5 Å². The van der Waals surface area contributed by atoms with E-state index in [9.17, 15) is 9.59 Å². The third kappa shape index (κ3) is 4.84. The quantitative estimate of drug-likeness (QED) is 0.570. The van der Waals surface area contributed by atoms with Crippen LogP contribution in [0.5, 0.6) is 5.75 Å². The molecular weight excluding hydrogens is 372 g/mol. The summed E-state index contributed by atoms with van der Waals surface area (Å²) in [4.78, 5) is 30.0. The van der Waals surface area contributed by atoms with Crippen LogP contribution in [0, 0.1) is 13.8 Å². The molecule has 144 valence electrons. The van der Waals surface area contributed by atoms with Crippen LogP contribution in [-0.4, -0.2) is 23.8 Å². The van der Waals surface area contributed by atoms with Crippen LogP contribution in [0.3, 0.4) is 0 Å². The lowest BCUT2D eigenvalue weighted by atomic mass is 10.1. The molecule has 6 heteroatoms. The fourth-order valence-electron chi connectivity index (χ4n) is 2.76. The summed E-state index contributed by atoms with van der Waals surface area (Å²) in [5, 5.41) is 3.36. The molecule has 0 aliphatic rings. The zero-order chi connectivity index (χ0) is 20.1. The third-order valence-corrected chi connectivity index (χ3v) is 5.25. The summed E-state index contributed by atoms with van der Waals surface area (Å²) in [6.45, 7) is 4.02. The fourth-order valence-corrected chi connectivity index (χ4v) is 3.61. The third-order valence-electron chi connectivity index (χ3n) is 4.36. The van der Waals surface area contributed by atoms with Gasteiger partial charge in [-0.15, -0.1) is 11.3 Å². The molecule has 28 heavy (non-hydrogen) atoms. The highest BCUT2D eigenvalue weighted by Gasteiger charge is 2.14. The minimum absolute atomic E-state index is 0.0755. The topological polar surface area (TPSA) is 68.3 Å². The van der Waals surface area contributed by atoms with Crippen molar-refractivity contribution in [3.63, 3.8) is 0 Å². The summed E-state index contributed by atoms with van der Waals surface area (Å²) >= 11 is 1.43. The molecule has 0 bridgehead atoms. The lowest BCUT2D eigenvalue weighted by Crippen LogP contribution is -2.13. The molecule has 5 nitrogen and oxygen atoms in total. The number of Topliss-reactive ketones (excluding diaryl/α,β-unsaturated/α-hetero) is 1. The Morgan fingerprint density at radius 1 is 1.00 bits per heavy atom. The molecule has 1 amide bonds. The number of rotatable bonds is 7. The summed E-state index contributed by atoms with van der Waals surface area (Å²) in [5.74, 6) is 0.400. The number of nitrogens with zero attached hydrogens (tertiary/aromatic N) is 1. The molecule has 0 saturated heterocycles. The molecule has 0 aliphatic carbocycles. The van der Waals surface area contributed by atoms with Gasteiger partial charge in [0.15, 0.2) is 10.9 Å². The molecule has 0 unspecified atom stereocenters. The molecule has 3 aromatic rings. The summed E-state index contributed by atoms with van der Waals surface area (Å²) < 4.78 is 5.08. The SMILES string of the molecule is COc1ccc(C(=O)CCC(=O)Nc2nc(-c3ccc(C)cc3)c(C)s2)cc1. The molecule has 0 radical (unpaired) electrons. The van der Waals surface area contributed by atoms with E-state index in [0.717, 1.165) is 16.1 Å². The average molecular weight is 394 g/mol. The molecule has 0 fully saturated rings. The second-order valence-electron chi connectivity index (χ2n) is 6.49. The Kier molecular flexibility index (Phi) is 6.21. The minimum atomic E-state index is -0.217. The second kappa shape index (κ2) is 8.80. The van der Waals surface area contributed by atoms with Gasteiger partial charge in [0, 0.05) is 28.8 Å². The van der Waals surface area contributed by atoms with Gasteiger partial charge in [-0.3, -0.25) is 9.59 Å². The molecular formula is C22H22N2O3S. The van der Waals surface area contributed by atoms with Gasteiger partial charge >= 0.3 is 0 Å². The highest BCUT2D eigenvalue weighted by molar-refractivity contribution is 7.16. The number of ketones is 1. The van der Waals surface area contributed by atoms with E-state index in [0.29, 0.717) is 16.4 Å². The van der Waals surface area contributed by atoms with Gasteiger partial charge in [-0.25, -0.2) is 4.98 Å². The maximum atomic E-state index is 12.2. The maximum Gasteiger partial charge on any atom is 0.226 e. The molecule has 1 heterocycles. The van der Waals surface area contributed by atoms with E-state index < -0.39 is 0 Å². The summed E-state index contributed by atoms with van der Waals surface area (Å²) in [7, 11) is 1.58. The molecule has 2 aromatic carbocycles. The van der Waals surface area contributed by atoms with Crippen molar-refractivity contribution >= 4 is 28.2 Å². The Labute approximate surface area is 168 Å². The van der Waals surface area contributed by atoms with E-state index in [4.69, 9.17) is 4.74 Å². The van der Waals surface area contributed by atoms with Gasteiger partial charge in [0.25, 0.3) is 0 Å². The van der Waals surface area contributed by atoms with Crippen molar-refractivity contribution in [2.45, 2.75) is 26.7 Å². The van der Waals surface area contributed by atoms with E-state index in [1.807, 2.05) is 38.1 Å². The number of benzene rings is 2. The highest BCUT2D eigenvalue weighted by Crippen LogP contribution is 2.30. The largest absolute Gasteiger partial charge is 0.497 e. The maximum absolute atomic E-state index is 12.2. The van der Waals surface area contributed by atoms with Gasteiger partial charge in [0.05, 0.1) is 12.8 Å². The predicted octanol–water partition coefficient (Wildman–Crippen LogP) is 5.04. The number of thiazole rings is 1. The number of aryl methyl sites for hydroxylation is 2. The predicted molar refractivity (Wildman–Crippen MR) is 112 cm³/mol. The number of carbonyl (C=O) groups is 2. The van der Waals surface area contributed by atoms with E-state index in [1.54, 1.807) is 31.4 Å². The van der Waals surface area contributed by atoms with Gasteiger partial charge in [-0.1, -0.05) is 29.8 Å². The van der Waals surface area contributed by atoms with E-state index in [2.05, 4.69) is 10.3 Å².